The van der Waals surface area contributed by atoms with Crippen LogP contribution in [0.15, 0.2) is 0 Å². The molecule has 0 spiro atoms. The molecule has 0 radical (unpaired) electrons. The summed E-state index contributed by atoms with van der Waals surface area (Å²) in [6.07, 6.45) is 3.59. The lowest BCUT2D eigenvalue weighted by atomic mass is 10.2. The lowest BCUT2D eigenvalue weighted by Gasteiger charge is -2.32. The minimum Gasteiger partial charge on any atom is -0.352 e. The van der Waals surface area contributed by atoms with Crippen molar-refractivity contribution in [3.05, 3.63) is 0 Å². The molecule has 1 aliphatic rings. The van der Waals surface area contributed by atoms with Crippen LogP contribution in [0.5, 0.6) is 0 Å². The third-order valence-electron chi connectivity index (χ3n) is 1.95. The number of ether oxygens (including phenoxy) is 2. The first-order valence-electron chi connectivity index (χ1n) is 4.50. The van der Waals surface area contributed by atoms with Crippen LogP contribution in [-0.2, 0) is 9.47 Å². The average molecular weight is 190 g/mol. The summed E-state index contributed by atoms with van der Waals surface area (Å²) in [5.74, 6) is 1.56. The number of hydrogen-bond acceptors (Lipinski definition) is 3. The van der Waals surface area contributed by atoms with E-state index in [9.17, 15) is 0 Å². The SMILES string of the molecule is CSCC1CCOC(C(C)C)O1. The molecule has 0 saturated carbocycles. The van der Waals surface area contributed by atoms with Gasteiger partial charge in [-0.2, -0.15) is 11.8 Å². The molecule has 0 aromatic carbocycles. The molecule has 3 heteroatoms. The largest absolute Gasteiger partial charge is 0.352 e. The van der Waals surface area contributed by atoms with E-state index in [-0.39, 0.29) is 6.29 Å². The predicted molar refractivity (Wildman–Crippen MR) is 52.5 cm³/mol. The zero-order valence-electron chi connectivity index (χ0n) is 8.08. The van der Waals surface area contributed by atoms with Crippen LogP contribution >= 0.6 is 11.8 Å². The Balaban J connectivity index is 2.30. The van der Waals surface area contributed by atoms with E-state index in [2.05, 4.69) is 20.1 Å². The Morgan fingerprint density at radius 1 is 1.50 bits per heavy atom. The fourth-order valence-electron chi connectivity index (χ4n) is 1.27. The molecule has 0 N–H and O–H groups in total. The molecule has 1 heterocycles. The van der Waals surface area contributed by atoms with Gasteiger partial charge in [0.1, 0.15) is 0 Å². The molecule has 2 unspecified atom stereocenters. The minimum absolute atomic E-state index is 0.0240. The van der Waals surface area contributed by atoms with Crippen molar-refractivity contribution in [1.29, 1.82) is 0 Å². The maximum atomic E-state index is 5.75. The molecule has 0 aromatic heterocycles. The van der Waals surface area contributed by atoms with Crippen molar-refractivity contribution in [2.75, 3.05) is 18.6 Å². The van der Waals surface area contributed by atoms with Crippen LogP contribution < -0.4 is 0 Å². The second-order valence-electron chi connectivity index (χ2n) is 3.49. The summed E-state index contributed by atoms with van der Waals surface area (Å²) < 4.78 is 11.2. The predicted octanol–water partition coefficient (Wildman–Crippen LogP) is 2.14. The quantitative estimate of drug-likeness (QED) is 0.679. The first-order valence-corrected chi connectivity index (χ1v) is 5.89. The van der Waals surface area contributed by atoms with Crippen molar-refractivity contribution in [2.24, 2.45) is 5.92 Å². The molecule has 2 atom stereocenters. The van der Waals surface area contributed by atoms with Crippen LogP contribution in [0, 0.1) is 5.92 Å². The Bertz CT molecular complexity index is 126. The van der Waals surface area contributed by atoms with E-state index in [1.54, 1.807) is 0 Å². The summed E-state index contributed by atoms with van der Waals surface area (Å²) in [4.78, 5) is 0. The molecule has 0 amide bonds. The monoisotopic (exact) mass is 190 g/mol. The van der Waals surface area contributed by atoms with Crippen molar-refractivity contribution in [2.45, 2.75) is 32.7 Å². The van der Waals surface area contributed by atoms with Crippen molar-refractivity contribution >= 4 is 11.8 Å². The van der Waals surface area contributed by atoms with Crippen molar-refractivity contribution < 1.29 is 9.47 Å². The van der Waals surface area contributed by atoms with E-state index in [4.69, 9.17) is 9.47 Å². The number of rotatable bonds is 3. The van der Waals surface area contributed by atoms with E-state index in [1.807, 2.05) is 11.8 Å². The highest BCUT2D eigenvalue weighted by Crippen LogP contribution is 2.20. The highest BCUT2D eigenvalue weighted by atomic mass is 32.2. The summed E-state index contributed by atoms with van der Waals surface area (Å²) in [6.45, 7) is 5.12. The van der Waals surface area contributed by atoms with Crippen LogP contribution in [0.2, 0.25) is 0 Å². The molecule has 0 aromatic rings. The highest BCUT2D eigenvalue weighted by Gasteiger charge is 2.24. The summed E-state index contributed by atoms with van der Waals surface area (Å²) in [5, 5.41) is 0. The van der Waals surface area contributed by atoms with Crippen LogP contribution in [-0.4, -0.2) is 31.0 Å². The molecule has 12 heavy (non-hydrogen) atoms. The van der Waals surface area contributed by atoms with Gasteiger partial charge in [0.15, 0.2) is 6.29 Å². The highest BCUT2D eigenvalue weighted by molar-refractivity contribution is 7.98. The van der Waals surface area contributed by atoms with Crippen LogP contribution in [0.25, 0.3) is 0 Å². The van der Waals surface area contributed by atoms with Gasteiger partial charge in [-0.3, -0.25) is 0 Å². The molecule has 72 valence electrons. The Kier molecular flexibility index (Phi) is 4.40. The first kappa shape index (κ1) is 10.4. The van der Waals surface area contributed by atoms with Gasteiger partial charge < -0.3 is 9.47 Å². The van der Waals surface area contributed by atoms with Gasteiger partial charge in [-0.15, -0.1) is 0 Å². The third-order valence-corrected chi connectivity index (χ3v) is 2.65. The van der Waals surface area contributed by atoms with E-state index < -0.39 is 0 Å². The van der Waals surface area contributed by atoms with E-state index in [0.29, 0.717) is 12.0 Å². The number of hydrogen-bond donors (Lipinski definition) is 0. The molecule has 1 rings (SSSR count). The fourth-order valence-corrected chi connectivity index (χ4v) is 1.89. The van der Waals surface area contributed by atoms with Gasteiger partial charge in [-0.05, 0) is 12.7 Å². The summed E-state index contributed by atoms with van der Waals surface area (Å²) >= 11 is 1.84. The second kappa shape index (κ2) is 5.10. The maximum absolute atomic E-state index is 5.75. The van der Waals surface area contributed by atoms with E-state index >= 15 is 0 Å². The smallest absolute Gasteiger partial charge is 0.160 e. The molecule has 1 fully saturated rings. The van der Waals surface area contributed by atoms with Gasteiger partial charge in [0.05, 0.1) is 12.7 Å². The van der Waals surface area contributed by atoms with Crippen molar-refractivity contribution in [3.8, 4) is 0 Å². The Morgan fingerprint density at radius 3 is 2.83 bits per heavy atom. The average Bonchev–Trinajstić information content (AvgIpc) is 2.05. The second-order valence-corrected chi connectivity index (χ2v) is 4.40. The number of thioether (sulfide) groups is 1. The van der Waals surface area contributed by atoms with Crippen LogP contribution in [0.3, 0.4) is 0 Å². The Labute approximate surface area is 79.0 Å². The lowest BCUT2D eigenvalue weighted by Crippen LogP contribution is -2.36. The molecular formula is C9H18O2S. The van der Waals surface area contributed by atoms with Crippen LogP contribution in [0.1, 0.15) is 20.3 Å². The Morgan fingerprint density at radius 2 is 2.25 bits per heavy atom. The van der Waals surface area contributed by atoms with E-state index in [1.165, 1.54) is 0 Å². The van der Waals surface area contributed by atoms with Gasteiger partial charge >= 0.3 is 0 Å². The third kappa shape index (κ3) is 2.96. The van der Waals surface area contributed by atoms with Gasteiger partial charge in [0.25, 0.3) is 0 Å². The molecular weight excluding hydrogens is 172 g/mol. The topological polar surface area (TPSA) is 18.5 Å². The van der Waals surface area contributed by atoms with Gasteiger partial charge in [0, 0.05) is 11.7 Å². The van der Waals surface area contributed by atoms with Crippen LogP contribution in [0.4, 0.5) is 0 Å². The molecule has 0 bridgehead atoms. The molecule has 1 saturated heterocycles. The van der Waals surface area contributed by atoms with Gasteiger partial charge in [-0.1, -0.05) is 13.8 Å². The summed E-state index contributed by atoms with van der Waals surface area (Å²) in [6, 6.07) is 0. The van der Waals surface area contributed by atoms with E-state index in [0.717, 1.165) is 18.8 Å². The van der Waals surface area contributed by atoms with Gasteiger partial charge in [0.2, 0.25) is 0 Å². The zero-order valence-corrected chi connectivity index (χ0v) is 8.89. The molecule has 1 aliphatic heterocycles. The van der Waals surface area contributed by atoms with Crippen molar-refractivity contribution in [1.82, 2.24) is 0 Å². The minimum atomic E-state index is 0.0240. The summed E-state index contributed by atoms with van der Waals surface area (Å²) in [7, 11) is 0. The lowest BCUT2D eigenvalue weighted by molar-refractivity contribution is -0.224. The fraction of sp³-hybridized carbons (Fsp3) is 1.00. The molecule has 2 nitrogen and oxygen atoms in total. The first-order chi connectivity index (χ1) is 5.74. The summed E-state index contributed by atoms with van der Waals surface area (Å²) in [5.41, 5.74) is 0. The Hall–Kier alpha value is 0.270. The zero-order chi connectivity index (χ0) is 8.97. The normalized spacial score (nSPS) is 31.0. The molecule has 0 aliphatic carbocycles. The standard InChI is InChI=1S/C9H18O2S/c1-7(2)9-10-5-4-8(11-9)6-12-3/h7-9H,4-6H2,1-3H3. The maximum Gasteiger partial charge on any atom is 0.160 e. The van der Waals surface area contributed by atoms with Crippen molar-refractivity contribution in [3.63, 3.8) is 0 Å². The van der Waals surface area contributed by atoms with Gasteiger partial charge in [-0.25, -0.2) is 0 Å².